The van der Waals surface area contributed by atoms with Crippen molar-refractivity contribution in [2.24, 2.45) is 0 Å². The summed E-state index contributed by atoms with van der Waals surface area (Å²) in [4.78, 5) is 0. The van der Waals surface area contributed by atoms with Gasteiger partial charge in [0, 0.05) is 0 Å². The minimum Gasteiger partial charge on any atom is -0.491 e. The molecule has 142 valence electrons. The van der Waals surface area contributed by atoms with Gasteiger partial charge in [0.05, 0.1) is 33.0 Å². The summed E-state index contributed by atoms with van der Waals surface area (Å²) in [5.41, 5.74) is 3.05. The van der Waals surface area contributed by atoms with Crippen LogP contribution >= 0.6 is 0 Å². The van der Waals surface area contributed by atoms with Crippen LogP contribution in [0, 0.1) is 0 Å². The van der Waals surface area contributed by atoms with E-state index in [-0.39, 0.29) is 33.0 Å². The molecule has 6 nitrogen and oxygen atoms in total. The molecule has 26 heavy (non-hydrogen) atoms. The summed E-state index contributed by atoms with van der Waals surface area (Å²) in [6.45, 7) is 1.24. The van der Waals surface area contributed by atoms with Crippen LogP contribution in [0.5, 0.6) is 11.5 Å². The van der Waals surface area contributed by atoms with Gasteiger partial charge in [-0.15, -0.1) is 0 Å². The third-order valence-electron chi connectivity index (χ3n) is 3.71. The van der Waals surface area contributed by atoms with Crippen LogP contribution in [0.25, 0.3) is 11.1 Å². The van der Waals surface area contributed by atoms with E-state index in [1.165, 1.54) is 0 Å². The molecule has 0 aliphatic rings. The van der Waals surface area contributed by atoms with Gasteiger partial charge < -0.3 is 29.5 Å². The molecule has 0 aliphatic carbocycles. The number of ether oxygens (including phenoxy) is 3. The minimum absolute atomic E-state index is 0.00138. The van der Waals surface area contributed by atoms with Crippen LogP contribution in [-0.4, -0.2) is 61.6 Å². The molecule has 2 aromatic carbocycles. The lowest BCUT2D eigenvalue weighted by Crippen LogP contribution is -2.07. The maximum absolute atomic E-state index is 8.98. The Labute approximate surface area is 153 Å². The lowest BCUT2D eigenvalue weighted by atomic mass is 10.0. The molecule has 0 fully saturated rings. The predicted octanol–water partition coefficient (Wildman–Crippen LogP) is 1.65. The second kappa shape index (κ2) is 11.5. The van der Waals surface area contributed by atoms with Gasteiger partial charge in [-0.2, -0.15) is 0 Å². The quantitative estimate of drug-likeness (QED) is 0.498. The minimum atomic E-state index is -0.0441. The van der Waals surface area contributed by atoms with E-state index >= 15 is 0 Å². The zero-order valence-electron chi connectivity index (χ0n) is 14.8. The van der Waals surface area contributed by atoms with Gasteiger partial charge in [-0.3, -0.25) is 0 Å². The fourth-order valence-electron chi connectivity index (χ4n) is 2.51. The van der Waals surface area contributed by atoms with E-state index in [1.54, 1.807) is 0 Å². The Bertz CT molecular complexity index is 641. The first-order valence-corrected chi connectivity index (χ1v) is 8.67. The summed E-state index contributed by atoms with van der Waals surface area (Å²) in [7, 11) is 0. The first kappa shape index (κ1) is 20.2. The number of benzene rings is 2. The van der Waals surface area contributed by atoms with Crippen LogP contribution < -0.4 is 9.47 Å². The fourth-order valence-corrected chi connectivity index (χ4v) is 2.51. The molecule has 0 spiro atoms. The summed E-state index contributed by atoms with van der Waals surface area (Å²) in [5.74, 6) is 1.43. The van der Waals surface area contributed by atoms with Crippen molar-refractivity contribution in [3.05, 3.63) is 48.0 Å². The summed E-state index contributed by atoms with van der Waals surface area (Å²) in [6, 6.07) is 13.6. The SMILES string of the molecule is OCCOCCc1cc(-c2ccc(OCCO)cc2)ccc1OCCO. The molecular formula is C20H26O6. The Hall–Kier alpha value is -2.12. The highest BCUT2D eigenvalue weighted by molar-refractivity contribution is 5.66. The molecule has 0 radical (unpaired) electrons. The van der Waals surface area contributed by atoms with E-state index in [2.05, 4.69) is 0 Å². The van der Waals surface area contributed by atoms with Crippen molar-refractivity contribution in [1.29, 1.82) is 0 Å². The molecular weight excluding hydrogens is 336 g/mol. The van der Waals surface area contributed by atoms with E-state index < -0.39 is 0 Å². The average molecular weight is 362 g/mol. The van der Waals surface area contributed by atoms with Crippen molar-refractivity contribution in [2.75, 3.05) is 46.2 Å². The van der Waals surface area contributed by atoms with E-state index in [0.29, 0.717) is 25.4 Å². The first-order chi connectivity index (χ1) is 12.8. The maximum atomic E-state index is 8.98. The molecule has 0 aromatic heterocycles. The van der Waals surface area contributed by atoms with E-state index in [0.717, 1.165) is 22.4 Å². The Kier molecular flexibility index (Phi) is 8.92. The fraction of sp³-hybridized carbons (Fsp3) is 0.400. The average Bonchev–Trinajstić information content (AvgIpc) is 2.69. The van der Waals surface area contributed by atoms with Crippen molar-refractivity contribution >= 4 is 0 Å². The normalized spacial score (nSPS) is 10.7. The predicted molar refractivity (Wildman–Crippen MR) is 98.6 cm³/mol. The summed E-state index contributed by atoms with van der Waals surface area (Å²) in [5, 5.41) is 26.6. The van der Waals surface area contributed by atoms with Crippen LogP contribution in [0.2, 0.25) is 0 Å². The smallest absolute Gasteiger partial charge is 0.122 e. The second-order valence-corrected chi connectivity index (χ2v) is 5.58. The summed E-state index contributed by atoms with van der Waals surface area (Å²) in [6.07, 6.45) is 0.645. The number of hydrogen-bond donors (Lipinski definition) is 3. The number of aliphatic hydroxyl groups is 3. The Morgan fingerprint density at radius 2 is 1.31 bits per heavy atom. The van der Waals surface area contributed by atoms with Gasteiger partial charge in [0.2, 0.25) is 0 Å². The van der Waals surface area contributed by atoms with Gasteiger partial charge in [-0.05, 0) is 47.4 Å². The molecule has 3 N–H and O–H groups in total. The Morgan fingerprint density at radius 3 is 2.00 bits per heavy atom. The third kappa shape index (κ3) is 6.31. The highest BCUT2D eigenvalue weighted by Gasteiger charge is 2.08. The van der Waals surface area contributed by atoms with Gasteiger partial charge in [-0.25, -0.2) is 0 Å². The highest BCUT2D eigenvalue weighted by Crippen LogP contribution is 2.28. The number of aliphatic hydroxyl groups excluding tert-OH is 3. The van der Waals surface area contributed by atoms with Gasteiger partial charge in [-0.1, -0.05) is 18.2 Å². The van der Waals surface area contributed by atoms with Crippen LogP contribution in [0.1, 0.15) is 5.56 Å². The summed E-state index contributed by atoms with van der Waals surface area (Å²) >= 11 is 0. The molecule has 0 amide bonds. The van der Waals surface area contributed by atoms with Crippen molar-refractivity contribution in [3.63, 3.8) is 0 Å². The van der Waals surface area contributed by atoms with E-state index in [1.807, 2.05) is 42.5 Å². The van der Waals surface area contributed by atoms with Crippen molar-refractivity contribution < 1.29 is 29.5 Å². The van der Waals surface area contributed by atoms with Crippen molar-refractivity contribution in [3.8, 4) is 22.6 Å². The number of rotatable bonds is 12. The van der Waals surface area contributed by atoms with Crippen LogP contribution in [0.3, 0.4) is 0 Å². The molecule has 0 saturated carbocycles. The largest absolute Gasteiger partial charge is 0.491 e. The molecule has 0 bridgehead atoms. The maximum Gasteiger partial charge on any atom is 0.122 e. The molecule has 0 atom stereocenters. The Morgan fingerprint density at radius 1 is 0.654 bits per heavy atom. The second-order valence-electron chi connectivity index (χ2n) is 5.58. The highest BCUT2D eigenvalue weighted by atomic mass is 16.5. The van der Waals surface area contributed by atoms with E-state index in [9.17, 15) is 0 Å². The van der Waals surface area contributed by atoms with Crippen LogP contribution in [-0.2, 0) is 11.2 Å². The van der Waals surface area contributed by atoms with Gasteiger partial charge in [0.15, 0.2) is 0 Å². The lowest BCUT2D eigenvalue weighted by molar-refractivity contribution is 0.0939. The van der Waals surface area contributed by atoms with E-state index in [4.69, 9.17) is 29.5 Å². The molecule has 0 unspecified atom stereocenters. The molecule has 2 rings (SSSR count). The van der Waals surface area contributed by atoms with Crippen LogP contribution in [0.15, 0.2) is 42.5 Å². The zero-order valence-corrected chi connectivity index (χ0v) is 14.8. The standard InChI is InChI=1S/C20H26O6/c21-8-12-24-11-7-18-15-17(3-6-20(18)26-14-10-23)16-1-4-19(5-2-16)25-13-9-22/h1-6,15,21-23H,7-14H2. The van der Waals surface area contributed by atoms with Gasteiger partial charge in [0.1, 0.15) is 24.7 Å². The molecule has 6 heteroatoms. The molecule has 2 aromatic rings. The van der Waals surface area contributed by atoms with Crippen molar-refractivity contribution in [2.45, 2.75) is 6.42 Å². The van der Waals surface area contributed by atoms with Crippen molar-refractivity contribution in [1.82, 2.24) is 0 Å². The van der Waals surface area contributed by atoms with Crippen LogP contribution in [0.4, 0.5) is 0 Å². The molecule has 0 heterocycles. The third-order valence-corrected chi connectivity index (χ3v) is 3.71. The molecule has 0 saturated heterocycles. The zero-order chi connectivity index (χ0) is 18.6. The summed E-state index contributed by atoms with van der Waals surface area (Å²) < 4.78 is 16.3. The van der Waals surface area contributed by atoms with Gasteiger partial charge in [0.25, 0.3) is 0 Å². The number of hydrogen-bond acceptors (Lipinski definition) is 6. The monoisotopic (exact) mass is 362 g/mol. The lowest BCUT2D eigenvalue weighted by Gasteiger charge is -2.13. The first-order valence-electron chi connectivity index (χ1n) is 8.67. The molecule has 0 aliphatic heterocycles. The Balaban J connectivity index is 2.14. The topological polar surface area (TPSA) is 88.4 Å². The van der Waals surface area contributed by atoms with Gasteiger partial charge >= 0.3 is 0 Å².